The van der Waals surface area contributed by atoms with E-state index < -0.39 is 66.7 Å². The zero-order valence-corrected chi connectivity index (χ0v) is 20.3. The van der Waals surface area contributed by atoms with Crippen LogP contribution in [0.5, 0.6) is 5.75 Å². The Hall–Kier alpha value is -3.88. The van der Waals surface area contributed by atoms with Crippen molar-refractivity contribution in [1.29, 1.82) is 0 Å². The van der Waals surface area contributed by atoms with Gasteiger partial charge in [-0.15, -0.1) is 0 Å². The fourth-order valence-electron chi connectivity index (χ4n) is 3.22. The highest BCUT2D eigenvalue weighted by molar-refractivity contribution is 5.85. The SMILES string of the molecule is COC(=O)[C@@H]1O[C@@H](OC(=Nc2ccc(OC)cc2)C(F)(F)F)[C@@H](OC(C)=O)[C@@H](OC(C)=O)[C@@H]1OC(C)=O. The molecule has 5 atom stereocenters. The molecule has 0 bridgehead atoms. The maximum absolute atomic E-state index is 13.9. The molecule has 1 fully saturated rings. The zero-order chi connectivity index (χ0) is 27.9. The van der Waals surface area contributed by atoms with E-state index in [9.17, 15) is 32.3 Å². The van der Waals surface area contributed by atoms with Crippen molar-refractivity contribution in [3.8, 4) is 5.75 Å². The highest BCUT2D eigenvalue weighted by atomic mass is 19.4. The maximum atomic E-state index is 13.9. The molecule has 1 heterocycles. The van der Waals surface area contributed by atoms with Crippen LogP contribution >= 0.6 is 0 Å². The Morgan fingerprint density at radius 1 is 0.811 bits per heavy atom. The summed E-state index contributed by atoms with van der Waals surface area (Å²) in [7, 11) is 2.29. The number of carbonyl (C=O) groups is 4. The Morgan fingerprint density at radius 2 is 1.32 bits per heavy atom. The van der Waals surface area contributed by atoms with Gasteiger partial charge in [0.25, 0.3) is 5.90 Å². The molecule has 1 saturated heterocycles. The van der Waals surface area contributed by atoms with E-state index in [1.165, 1.54) is 31.4 Å². The van der Waals surface area contributed by atoms with Crippen molar-refractivity contribution in [2.45, 2.75) is 57.7 Å². The van der Waals surface area contributed by atoms with Crippen molar-refractivity contribution in [3.05, 3.63) is 24.3 Å². The van der Waals surface area contributed by atoms with E-state index in [0.717, 1.165) is 27.9 Å². The van der Waals surface area contributed by atoms with Gasteiger partial charge in [0, 0.05) is 20.8 Å². The van der Waals surface area contributed by atoms with Crippen LogP contribution in [-0.4, -0.2) is 80.9 Å². The molecule has 204 valence electrons. The molecule has 0 aliphatic carbocycles. The molecule has 0 spiro atoms. The van der Waals surface area contributed by atoms with Crippen LogP contribution in [0.25, 0.3) is 0 Å². The van der Waals surface area contributed by atoms with Gasteiger partial charge < -0.3 is 33.2 Å². The van der Waals surface area contributed by atoms with Crippen molar-refractivity contribution in [1.82, 2.24) is 0 Å². The summed E-state index contributed by atoms with van der Waals surface area (Å²) >= 11 is 0. The fraction of sp³-hybridized carbons (Fsp3) is 0.500. The van der Waals surface area contributed by atoms with Crippen LogP contribution in [0.3, 0.4) is 0 Å². The number of rotatable bonds is 7. The third-order valence-electron chi connectivity index (χ3n) is 4.61. The summed E-state index contributed by atoms with van der Waals surface area (Å²) in [5.74, 6) is -5.74. The van der Waals surface area contributed by atoms with Gasteiger partial charge in [-0.3, -0.25) is 14.4 Å². The van der Waals surface area contributed by atoms with Crippen molar-refractivity contribution >= 4 is 35.5 Å². The lowest BCUT2D eigenvalue weighted by Gasteiger charge is -2.43. The summed E-state index contributed by atoms with van der Waals surface area (Å²) in [5, 5.41) is 0. The Morgan fingerprint density at radius 3 is 1.78 bits per heavy atom. The highest BCUT2D eigenvalue weighted by Gasteiger charge is 2.57. The van der Waals surface area contributed by atoms with Crippen LogP contribution in [0.1, 0.15) is 20.8 Å². The molecule has 37 heavy (non-hydrogen) atoms. The minimum atomic E-state index is -5.20. The quantitative estimate of drug-likeness (QED) is 0.219. The lowest BCUT2D eigenvalue weighted by molar-refractivity contribution is -0.288. The maximum Gasteiger partial charge on any atom is 0.468 e. The molecule has 0 aromatic heterocycles. The van der Waals surface area contributed by atoms with E-state index in [4.69, 9.17) is 28.4 Å². The van der Waals surface area contributed by atoms with Crippen LogP contribution in [-0.2, 0) is 47.6 Å². The van der Waals surface area contributed by atoms with Crippen LogP contribution in [0.15, 0.2) is 29.3 Å². The van der Waals surface area contributed by atoms with Crippen molar-refractivity contribution < 1.29 is 65.5 Å². The molecule has 0 unspecified atom stereocenters. The molecule has 12 nitrogen and oxygen atoms in total. The van der Waals surface area contributed by atoms with Crippen molar-refractivity contribution in [3.63, 3.8) is 0 Å². The van der Waals surface area contributed by atoms with Crippen LogP contribution in [0.2, 0.25) is 0 Å². The number of hydrogen-bond donors (Lipinski definition) is 0. The Kier molecular flexibility index (Phi) is 9.82. The summed E-state index contributed by atoms with van der Waals surface area (Å²) < 4.78 is 76.7. The lowest BCUT2D eigenvalue weighted by atomic mass is 9.97. The van der Waals surface area contributed by atoms with E-state index in [-0.39, 0.29) is 5.69 Å². The second-order valence-electron chi connectivity index (χ2n) is 7.40. The molecule has 2 rings (SSSR count). The minimum Gasteiger partial charge on any atom is -0.497 e. The van der Waals surface area contributed by atoms with Gasteiger partial charge in [-0.05, 0) is 24.3 Å². The molecular formula is C22H24F3NO11. The largest absolute Gasteiger partial charge is 0.497 e. The predicted octanol–water partition coefficient (Wildman–Crippen LogP) is 2.00. The molecular weight excluding hydrogens is 511 g/mol. The average Bonchev–Trinajstić information content (AvgIpc) is 2.80. The Balaban J connectivity index is 2.59. The van der Waals surface area contributed by atoms with E-state index >= 15 is 0 Å². The molecule has 1 aliphatic rings. The number of nitrogens with zero attached hydrogens (tertiary/aromatic N) is 1. The lowest BCUT2D eigenvalue weighted by Crippen LogP contribution is -2.64. The first-order valence-electron chi connectivity index (χ1n) is 10.5. The normalized spacial score (nSPS) is 23.9. The number of ether oxygens (including phenoxy) is 7. The minimum absolute atomic E-state index is 0.202. The Bertz CT molecular complexity index is 1030. The smallest absolute Gasteiger partial charge is 0.468 e. The predicted molar refractivity (Wildman–Crippen MR) is 115 cm³/mol. The monoisotopic (exact) mass is 535 g/mol. The first-order valence-corrected chi connectivity index (χ1v) is 10.5. The number of halogens is 3. The van der Waals surface area contributed by atoms with Gasteiger partial charge in [0.05, 0.1) is 19.9 Å². The van der Waals surface area contributed by atoms with Crippen LogP contribution < -0.4 is 4.74 Å². The first-order chi connectivity index (χ1) is 17.3. The number of esters is 4. The summed E-state index contributed by atoms with van der Waals surface area (Å²) in [6.07, 6.45) is -14.9. The number of carbonyl (C=O) groups excluding carboxylic acids is 4. The molecule has 1 aromatic rings. The summed E-state index contributed by atoms with van der Waals surface area (Å²) in [6.45, 7) is 2.79. The highest BCUT2D eigenvalue weighted by Crippen LogP contribution is 2.33. The second kappa shape index (κ2) is 12.4. The number of benzene rings is 1. The van der Waals surface area contributed by atoms with Gasteiger partial charge >= 0.3 is 30.1 Å². The van der Waals surface area contributed by atoms with E-state index in [1.807, 2.05) is 0 Å². The van der Waals surface area contributed by atoms with Crippen molar-refractivity contribution in [2.75, 3.05) is 14.2 Å². The average molecular weight is 535 g/mol. The third-order valence-corrected chi connectivity index (χ3v) is 4.61. The summed E-state index contributed by atoms with van der Waals surface area (Å²) in [6, 6.07) is 5.10. The van der Waals surface area contributed by atoms with Gasteiger partial charge in [0.2, 0.25) is 12.4 Å². The third kappa shape index (κ3) is 8.06. The number of alkyl halides is 3. The molecule has 1 aromatic carbocycles. The van der Waals surface area contributed by atoms with Gasteiger partial charge in [0.1, 0.15) is 5.75 Å². The zero-order valence-electron chi connectivity index (χ0n) is 20.3. The summed E-state index contributed by atoms with van der Waals surface area (Å²) in [5.41, 5.74) is -0.202. The molecule has 15 heteroatoms. The van der Waals surface area contributed by atoms with Gasteiger partial charge in [-0.25, -0.2) is 9.79 Å². The van der Waals surface area contributed by atoms with Crippen LogP contribution in [0, 0.1) is 0 Å². The number of methoxy groups -OCH3 is 2. The molecule has 1 aliphatic heterocycles. The van der Waals surface area contributed by atoms with Gasteiger partial charge in [-0.2, -0.15) is 13.2 Å². The summed E-state index contributed by atoms with van der Waals surface area (Å²) in [4.78, 5) is 51.1. The standard InChI is InChI=1S/C22H24F3NO11/c1-10(27)33-15-16(34-11(2)28)18(35-12(3)29)20(36-17(15)19(30)32-5)37-21(22(23,24)25)26-13-6-8-14(31-4)9-7-13/h6-9,15-18,20H,1-5H3/t15-,16-,17+,18-,20-/m0/s1. The topological polar surface area (TPSA) is 145 Å². The fourth-order valence-corrected chi connectivity index (χ4v) is 3.22. The van der Waals surface area contributed by atoms with E-state index in [0.29, 0.717) is 5.75 Å². The molecule has 0 saturated carbocycles. The first kappa shape index (κ1) is 29.4. The molecule has 0 amide bonds. The van der Waals surface area contributed by atoms with Crippen LogP contribution in [0.4, 0.5) is 18.9 Å². The van der Waals surface area contributed by atoms with Gasteiger partial charge in [-0.1, -0.05) is 0 Å². The van der Waals surface area contributed by atoms with Crippen molar-refractivity contribution in [2.24, 2.45) is 4.99 Å². The van der Waals surface area contributed by atoms with E-state index in [1.54, 1.807) is 0 Å². The Labute approximate surface area is 208 Å². The van der Waals surface area contributed by atoms with E-state index in [2.05, 4.69) is 9.73 Å². The van der Waals surface area contributed by atoms with Gasteiger partial charge in [0.15, 0.2) is 18.3 Å². The molecule has 0 N–H and O–H groups in total. The number of hydrogen-bond acceptors (Lipinski definition) is 12. The molecule has 0 radical (unpaired) electrons. The number of aliphatic imine (C=N–C) groups is 1. The second-order valence-corrected chi connectivity index (χ2v) is 7.40.